The van der Waals surface area contributed by atoms with Crippen LogP contribution in [-0.2, 0) is 21.2 Å². The van der Waals surface area contributed by atoms with Gasteiger partial charge in [0.2, 0.25) is 10.0 Å². The Labute approximate surface area is 184 Å². The Bertz CT molecular complexity index is 1240. The van der Waals surface area contributed by atoms with Gasteiger partial charge in [0.15, 0.2) is 11.7 Å². The number of hydrogen-bond donors (Lipinski definition) is 1. The van der Waals surface area contributed by atoms with Crippen molar-refractivity contribution in [2.24, 2.45) is 0 Å². The summed E-state index contributed by atoms with van der Waals surface area (Å²) in [5, 5.41) is 11.8. The molecule has 1 aliphatic heterocycles. The summed E-state index contributed by atoms with van der Waals surface area (Å²) in [6, 6.07) is 13.9. The Morgan fingerprint density at radius 2 is 1.94 bits per heavy atom. The molecule has 160 valence electrons. The number of hydrogen-bond acceptors (Lipinski definition) is 7. The number of aromatic nitrogens is 1. The minimum atomic E-state index is -3.50. The summed E-state index contributed by atoms with van der Waals surface area (Å²) < 4.78 is 33.1. The third-order valence-electron chi connectivity index (χ3n) is 4.89. The highest BCUT2D eigenvalue weighted by molar-refractivity contribution is 7.89. The molecule has 0 bridgehead atoms. The van der Waals surface area contributed by atoms with Gasteiger partial charge < -0.3 is 4.74 Å². The van der Waals surface area contributed by atoms with E-state index in [1.807, 2.05) is 0 Å². The monoisotopic (exact) mass is 456 g/mol. The first-order chi connectivity index (χ1) is 15.0. The van der Waals surface area contributed by atoms with E-state index in [-0.39, 0.29) is 17.4 Å². The Morgan fingerprint density at radius 1 is 1.19 bits per heavy atom. The number of nitrogens with one attached hydrogen (secondary N) is 1. The summed E-state index contributed by atoms with van der Waals surface area (Å²) in [7, 11) is -3.50. The molecular formula is C21H20N4O4S2. The van der Waals surface area contributed by atoms with Crippen LogP contribution in [0.1, 0.15) is 18.4 Å². The predicted molar refractivity (Wildman–Crippen MR) is 117 cm³/mol. The van der Waals surface area contributed by atoms with Crippen molar-refractivity contribution in [1.29, 1.82) is 5.26 Å². The average Bonchev–Trinajstić information content (AvgIpc) is 3.43. The van der Waals surface area contributed by atoms with E-state index in [9.17, 15) is 13.2 Å². The molecule has 2 aromatic carbocycles. The van der Waals surface area contributed by atoms with E-state index in [2.05, 4.69) is 16.4 Å². The number of fused-ring (bicyclic) bond motifs is 1. The number of anilines is 1. The van der Waals surface area contributed by atoms with Crippen molar-refractivity contribution in [3.8, 4) is 11.8 Å². The molecule has 1 saturated heterocycles. The van der Waals surface area contributed by atoms with Gasteiger partial charge in [-0.1, -0.05) is 23.5 Å². The lowest BCUT2D eigenvalue weighted by atomic mass is 10.2. The molecule has 1 amide bonds. The summed E-state index contributed by atoms with van der Waals surface area (Å²) in [4.78, 5) is 16.8. The van der Waals surface area contributed by atoms with Crippen LogP contribution in [0.4, 0.5) is 5.13 Å². The second-order valence-corrected chi connectivity index (χ2v) is 10.0. The molecule has 4 rings (SSSR count). The van der Waals surface area contributed by atoms with Crippen LogP contribution in [0.15, 0.2) is 47.4 Å². The van der Waals surface area contributed by atoms with Crippen LogP contribution in [0.2, 0.25) is 0 Å². The van der Waals surface area contributed by atoms with Crippen LogP contribution in [0.5, 0.6) is 5.75 Å². The zero-order chi connectivity index (χ0) is 21.8. The largest absolute Gasteiger partial charge is 0.484 e. The van der Waals surface area contributed by atoms with Gasteiger partial charge in [-0.25, -0.2) is 13.4 Å². The third-order valence-corrected chi connectivity index (χ3v) is 7.71. The quantitative estimate of drug-likeness (QED) is 0.584. The molecule has 1 fully saturated rings. The maximum Gasteiger partial charge on any atom is 0.264 e. The topological polar surface area (TPSA) is 112 Å². The molecule has 31 heavy (non-hydrogen) atoms. The van der Waals surface area contributed by atoms with Gasteiger partial charge in [0.1, 0.15) is 5.75 Å². The van der Waals surface area contributed by atoms with Crippen molar-refractivity contribution in [2.45, 2.75) is 24.2 Å². The summed E-state index contributed by atoms with van der Waals surface area (Å²) in [5.74, 6) is 0.156. The maximum absolute atomic E-state index is 12.7. The SMILES string of the molecule is N#CCc1ccc(OCC(=O)Nc2nc3ccc(S(=O)(=O)N4CCCC4)cc3s2)cc1. The minimum absolute atomic E-state index is 0.192. The van der Waals surface area contributed by atoms with Gasteiger partial charge in [0.05, 0.1) is 27.6 Å². The first kappa shape index (κ1) is 21.2. The molecule has 1 N–H and O–H groups in total. The van der Waals surface area contributed by atoms with Gasteiger partial charge in [-0.05, 0) is 48.7 Å². The summed E-state index contributed by atoms with van der Waals surface area (Å²) >= 11 is 1.22. The molecule has 0 aliphatic carbocycles. The highest BCUT2D eigenvalue weighted by Gasteiger charge is 2.27. The van der Waals surface area contributed by atoms with E-state index in [0.29, 0.717) is 40.6 Å². The molecule has 0 unspecified atom stereocenters. The Morgan fingerprint density at radius 3 is 2.65 bits per heavy atom. The van der Waals surface area contributed by atoms with E-state index in [1.54, 1.807) is 42.5 Å². The molecule has 0 saturated carbocycles. The number of nitrogens with zero attached hydrogens (tertiary/aromatic N) is 3. The van der Waals surface area contributed by atoms with Crippen LogP contribution in [0.3, 0.4) is 0 Å². The van der Waals surface area contributed by atoms with E-state index in [4.69, 9.17) is 10.00 Å². The highest BCUT2D eigenvalue weighted by atomic mass is 32.2. The fraction of sp³-hybridized carbons (Fsp3) is 0.286. The number of sulfonamides is 1. The number of carbonyl (C=O) groups excluding carboxylic acids is 1. The van der Waals surface area contributed by atoms with Crippen molar-refractivity contribution in [3.05, 3.63) is 48.0 Å². The van der Waals surface area contributed by atoms with Crippen molar-refractivity contribution in [3.63, 3.8) is 0 Å². The normalized spacial score (nSPS) is 14.4. The maximum atomic E-state index is 12.7. The molecule has 1 aliphatic rings. The molecule has 2 heterocycles. The van der Waals surface area contributed by atoms with Gasteiger partial charge in [-0.15, -0.1) is 0 Å². The molecule has 8 nitrogen and oxygen atoms in total. The average molecular weight is 457 g/mol. The van der Waals surface area contributed by atoms with Crippen LogP contribution in [-0.4, -0.2) is 43.3 Å². The van der Waals surface area contributed by atoms with Crippen molar-refractivity contribution >= 4 is 42.6 Å². The third kappa shape index (κ3) is 4.85. The van der Waals surface area contributed by atoms with Gasteiger partial charge in [-0.2, -0.15) is 9.57 Å². The standard InChI is InChI=1S/C21H20N4O4S2/c22-10-9-15-3-5-16(6-4-15)29-14-20(26)24-21-23-18-8-7-17(13-19(18)30-21)31(27,28)25-11-1-2-12-25/h3-8,13H,1-2,9,11-12,14H2,(H,23,24,26). The van der Waals surface area contributed by atoms with E-state index >= 15 is 0 Å². The predicted octanol–water partition coefficient (Wildman–Crippen LogP) is 3.16. The van der Waals surface area contributed by atoms with E-state index < -0.39 is 10.0 Å². The smallest absolute Gasteiger partial charge is 0.264 e. The number of rotatable bonds is 7. The fourth-order valence-corrected chi connectivity index (χ4v) is 5.84. The second-order valence-electron chi connectivity index (χ2n) is 7.08. The number of thiazole rings is 1. The first-order valence-corrected chi connectivity index (χ1v) is 12.0. The highest BCUT2D eigenvalue weighted by Crippen LogP contribution is 2.30. The Hall–Kier alpha value is -3.00. The molecule has 0 atom stereocenters. The van der Waals surface area contributed by atoms with Crippen molar-refractivity contribution < 1.29 is 17.9 Å². The van der Waals surface area contributed by atoms with E-state index in [1.165, 1.54) is 15.6 Å². The van der Waals surface area contributed by atoms with Crippen molar-refractivity contribution in [2.75, 3.05) is 25.0 Å². The van der Waals surface area contributed by atoms with Crippen LogP contribution >= 0.6 is 11.3 Å². The zero-order valence-corrected chi connectivity index (χ0v) is 18.2. The van der Waals surface area contributed by atoms with Crippen LogP contribution < -0.4 is 10.1 Å². The summed E-state index contributed by atoms with van der Waals surface area (Å²) in [6.45, 7) is 0.902. The van der Waals surface area contributed by atoms with Gasteiger partial charge >= 0.3 is 0 Å². The molecule has 0 spiro atoms. The van der Waals surface area contributed by atoms with Gasteiger partial charge in [0, 0.05) is 13.1 Å². The number of nitriles is 1. The Balaban J connectivity index is 1.40. The van der Waals surface area contributed by atoms with E-state index in [0.717, 1.165) is 18.4 Å². The van der Waals surface area contributed by atoms with Gasteiger partial charge in [0.25, 0.3) is 5.91 Å². The lowest BCUT2D eigenvalue weighted by molar-refractivity contribution is -0.118. The Kier molecular flexibility index (Phi) is 6.18. The van der Waals surface area contributed by atoms with Crippen LogP contribution in [0.25, 0.3) is 10.2 Å². The molecule has 10 heteroatoms. The second kappa shape index (κ2) is 9.01. The molecular weight excluding hydrogens is 436 g/mol. The lowest BCUT2D eigenvalue weighted by Gasteiger charge is -2.15. The number of benzene rings is 2. The van der Waals surface area contributed by atoms with Crippen molar-refractivity contribution in [1.82, 2.24) is 9.29 Å². The lowest BCUT2D eigenvalue weighted by Crippen LogP contribution is -2.27. The van der Waals surface area contributed by atoms with Crippen LogP contribution in [0, 0.1) is 11.3 Å². The minimum Gasteiger partial charge on any atom is -0.484 e. The summed E-state index contributed by atoms with van der Waals surface area (Å²) in [5.41, 5.74) is 1.49. The fourth-order valence-electron chi connectivity index (χ4n) is 3.30. The first-order valence-electron chi connectivity index (χ1n) is 9.75. The number of carbonyl (C=O) groups is 1. The van der Waals surface area contributed by atoms with Gasteiger partial charge in [-0.3, -0.25) is 10.1 Å². The number of ether oxygens (including phenoxy) is 1. The molecule has 3 aromatic rings. The number of amides is 1. The zero-order valence-electron chi connectivity index (χ0n) is 16.6. The molecule has 0 radical (unpaired) electrons. The summed E-state index contributed by atoms with van der Waals surface area (Å²) in [6.07, 6.45) is 2.08. The molecule has 1 aromatic heterocycles.